The van der Waals surface area contributed by atoms with Gasteiger partial charge >= 0.3 is 30.1 Å². The number of rotatable bonds is 27. The Morgan fingerprint density at radius 1 is 0.667 bits per heavy atom. The number of nitrogens with zero attached hydrogens (tertiary/aromatic N) is 3. The molecule has 0 aliphatic heterocycles. The first-order valence-corrected chi connectivity index (χ1v) is 18.6. The van der Waals surface area contributed by atoms with Gasteiger partial charge in [0.05, 0.1) is 55.6 Å². The van der Waals surface area contributed by atoms with Crippen LogP contribution in [0.25, 0.3) is 10.9 Å². The van der Waals surface area contributed by atoms with Gasteiger partial charge in [-0.2, -0.15) is 13.2 Å². The van der Waals surface area contributed by atoms with E-state index >= 15 is 0 Å². The van der Waals surface area contributed by atoms with Gasteiger partial charge in [0.15, 0.2) is 0 Å². The largest absolute Gasteiger partial charge is 0.480 e. The number of hydrogen-bond donors (Lipinski definition) is 8. The van der Waals surface area contributed by atoms with Crippen LogP contribution >= 0.6 is 15.9 Å². The maximum Gasteiger partial charge on any atom is 0.417 e. The van der Waals surface area contributed by atoms with Crippen LogP contribution in [0.5, 0.6) is 0 Å². The van der Waals surface area contributed by atoms with Crippen molar-refractivity contribution in [1.29, 1.82) is 0 Å². The highest BCUT2D eigenvalue weighted by molar-refractivity contribution is 9.09. The lowest BCUT2D eigenvalue weighted by atomic mass is 9.99. The molecule has 8 N–H and O–H groups in total. The van der Waals surface area contributed by atoms with E-state index in [2.05, 4.69) is 36.9 Å². The second-order valence-electron chi connectivity index (χ2n) is 12.8. The van der Waals surface area contributed by atoms with Crippen LogP contribution in [-0.4, -0.2) is 159 Å². The molecule has 57 heavy (non-hydrogen) atoms. The van der Waals surface area contributed by atoms with Crippen LogP contribution < -0.4 is 21.5 Å². The normalized spacial score (nSPS) is 11.6. The number of hydrogen-bond acceptors (Lipinski definition) is 11. The maximum atomic E-state index is 14.4. The molecule has 1 aromatic carbocycles. The number of carbonyl (C=O) groups is 7. The highest BCUT2D eigenvalue weighted by atomic mass is 79.9. The van der Waals surface area contributed by atoms with Crippen molar-refractivity contribution in [2.75, 3.05) is 82.6 Å². The number of fused-ring (bicyclic) bond motifs is 1. The average molecular weight is 881 g/mol. The summed E-state index contributed by atoms with van der Waals surface area (Å²) in [5.41, 5.74) is -3.68. The molecular formula is C34H45BrF3N7O12. The summed E-state index contributed by atoms with van der Waals surface area (Å²) in [7, 11) is 0. The number of benzene rings is 1. The molecule has 0 aliphatic carbocycles. The number of amides is 3. The molecule has 0 saturated carbocycles. The Morgan fingerprint density at radius 2 is 1.14 bits per heavy atom. The Balaban J connectivity index is 2.12. The van der Waals surface area contributed by atoms with Crippen molar-refractivity contribution >= 4 is 74.1 Å². The van der Waals surface area contributed by atoms with Gasteiger partial charge in [-0.25, -0.2) is 0 Å². The minimum atomic E-state index is -5.05. The zero-order valence-electron chi connectivity index (χ0n) is 30.7. The van der Waals surface area contributed by atoms with Crippen molar-refractivity contribution in [3.8, 4) is 0 Å². The van der Waals surface area contributed by atoms with Gasteiger partial charge in [0.2, 0.25) is 17.7 Å². The average Bonchev–Trinajstić information content (AvgIpc) is 3.09. The molecule has 0 fully saturated rings. The predicted molar refractivity (Wildman–Crippen MR) is 200 cm³/mol. The summed E-state index contributed by atoms with van der Waals surface area (Å²) >= 11 is 3.04. The minimum absolute atomic E-state index is 0.0630. The van der Waals surface area contributed by atoms with Gasteiger partial charge < -0.3 is 41.4 Å². The number of carbonyl (C=O) groups excluding carboxylic acids is 3. The Hall–Kier alpha value is -5.13. The number of carboxylic acid groups (broad SMARTS) is 4. The Labute approximate surface area is 331 Å². The van der Waals surface area contributed by atoms with Crippen LogP contribution in [-0.2, 0) is 46.2 Å². The first-order chi connectivity index (χ1) is 26.8. The second kappa shape index (κ2) is 23.8. The molecule has 2 aromatic rings. The van der Waals surface area contributed by atoms with Crippen molar-refractivity contribution in [3.63, 3.8) is 0 Å². The molecule has 1 heterocycles. The third-order valence-corrected chi connectivity index (χ3v) is 8.66. The van der Waals surface area contributed by atoms with E-state index in [1.165, 1.54) is 4.90 Å². The lowest BCUT2D eigenvalue weighted by molar-refractivity contribution is -0.143. The fourth-order valence-corrected chi connectivity index (χ4v) is 5.87. The van der Waals surface area contributed by atoms with E-state index in [1.807, 2.05) is 0 Å². The number of carboxylic acids is 4. The Bertz CT molecular complexity index is 1800. The lowest BCUT2D eigenvalue weighted by Crippen LogP contribution is -2.46. The number of halogens is 4. The third-order valence-electron chi connectivity index (χ3n) is 8.15. The minimum Gasteiger partial charge on any atom is -0.480 e. The smallest absolute Gasteiger partial charge is 0.417 e. The summed E-state index contributed by atoms with van der Waals surface area (Å²) < 4.78 is 43.1. The summed E-state index contributed by atoms with van der Waals surface area (Å²) in [6.07, 6.45) is -3.25. The molecule has 316 valence electrons. The Kier molecular flexibility index (Phi) is 20.1. The number of aromatic amines is 1. The molecule has 0 radical (unpaired) electrons. The standard InChI is InChI=1S/C34H45BrF3N7O12/c35-15-26(47)40-8-4-2-1-3-7-39-25(46)14-23-32(34(36,37)38)22-6-5-21(13-24(22)42-33(23)57)41-27(48)16-44(18-29(51)52)11-9-43(17-28(49)50)10-12-45(19-30(53)54)20-31(55)56/h5-6,13H,1-4,7-12,14-20H2,(H,39,46)(H,40,47)(H,41,48)(H,42,57)(H,49,50)(H,51,52)(H,53,54)(H,55,56). The predicted octanol–water partition coefficient (Wildman–Crippen LogP) is 0.460. The summed E-state index contributed by atoms with van der Waals surface area (Å²) in [5, 5.41) is 44.2. The van der Waals surface area contributed by atoms with Gasteiger partial charge in [0.25, 0.3) is 5.56 Å². The fraction of sp³-hybridized carbons (Fsp3) is 0.529. The number of pyridine rings is 1. The van der Waals surface area contributed by atoms with Crippen LogP contribution in [0, 0.1) is 0 Å². The van der Waals surface area contributed by atoms with E-state index in [0.717, 1.165) is 34.4 Å². The number of unbranched alkanes of at least 4 members (excludes halogenated alkanes) is 3. The highest BCUT2D eigenvalue weighted by Gasteiger charge is 2.37. The van der Waals surface area contributed by atoms with Crippen molar-refractivity contribution in [2.24, 2.45) is 0 Å². The van der Waals surface area contributed by atoms with Gasteiger partial charge in [0.1, 0.15) is 0 Å². The lowest BCUT2D eigenvalue weighted by Gasteiger charge is -2.27. The molecule has 0 bridgehead atoms. The Morgan fingerprint density at radius 3 is 1.63 bits per heavy atom. The van der Waals surface area contributed by atoms with Gasteiger partial charge in [0, 0.05) is 55.9 Å². The fourth-order valence-electron chi connectivity index (χ4n) is 5.67. The zero-order chi connectivity index (χ0) is 42.7. The maximum absolute atomic E-state index is 14.4. The summed E-state index contributed by atoms with van der Waals surface area (Å²) in [6, 6.07) is 3.19. The van der Waals surface area contributed by atoms with E-state index in [-0.39, 0.29) is 55.2 Å². The zero-order valence-corrected chi connectivity index (χ0v) is 32.2. The summed E-state index contributed by atoms with van der Waals surface area (Å²) in [5.74, 6) is -7.02. The molecule has 3 amide bonds. The van der Waals surface area contributed by atoms with E-state index < -0.39 is 103 Å². The molecular weight excluding hydrogens is 835 g/mol. The topological polar surface area (TPSA) is 279 Å². The van der Waals surface area contributed by atoms with Crippen molar-refractivity contribution in [2.45, 2.75) is 38.3 Å². The van der Waals surface area contributed by atoms with Gasteiger partial charge in [-0.1, -0.05) is 34.8 Å². The number of alkyl halides is 4. The number of aliphatic carboxylic acids is 4. The summed E-state index contributed by atoms with van der Waals surface area (Å²) in [6.45, 7) is -3.09. The van der Waals surface area contributed by atoms with E-state index in [4.69, 9.17) is 10.2 Å². The van der Waals surface area contributed by atoms with Crippen LogP contribution in [0.2, 0.25) is 0 Å². The number of nitrogens with one attached hydrogen (secondary N) is 4. The molecule has 0 atom stereocenters. The monoisotopic (exact) mass is 879 g/mol. The van der Waals surface area contributed by atoms with Crippen molar-refractivity contribution in [3.05, 3.63) is 39.7 Å². The van der Waals surface area contributed by atoms with Gasteiger partial charge in [-0.05, 0) is 25.0 Å². The molecule has 23 heteroatoms. The molecule has 0 aliphatic rings. The van der Waals surface area contributed by atoms with E-state index in [1.54, 1.807) is 0 Å². The first kappa shape index (κ1) is 48.0. The number of aromatic nitrogens is 1. The third kappa shape index (κ3) is 18.6. The highest BCUT2D eigenvalue weighted by Crippen LogP contribution is 2.36. The quantitative estimate of drug-likeness (QED) is 0.0447. The van der Waals surface area contributed by atoms with E-state index in [0.29, 0.717) is 25.8 Å². The molecule has 1 aromatic heterocycles. The van der Waals surface area contributed by atoms with Crippen molar-refractivity contribution in [1.82, 2.24) is 30.3 Å². The first-order valence-electron chi connectivity index (χ1n) is 17.5. The number of H-pyrrole nitrogens is 1. The molecule has 0 spiro atoms. The SMILES string of the molecule is O=C(O)CN(CCN(CC(=O)O)CC(=O)O)CCN(CC(=O)O)CC(=O)Nc1ccc2c(C(F)(F)F)c(CC(=O)NCCCCCCNC(=O)CBr)c(=O)[nH]c2c1. The summed E-state index contributed by atoms with van der Waals surface area (Å²) in [4.78, 5) is 101. The van der Waals surface area contributed by atoms with Crippen molar-refractivity contribution < 1.29 is 67.2 Å². The van der Waals surface area contributed by atoms with Gasteiger partial charge in [-0.3, -0.25) is 53.1 Å². The molecule has 0 saturated heterocycles. The van der Waals surface area contributed by atoms with Crippen LogP contribution in [0.15, 0.2) is 23.0 Å². The van der Waals surface area contributed by atoms with Crippen LogP contribution in [0.3, 0.4) is 0 Å². The van der Waals surface area contributed by atoms with E-state index in [9.17, 15) is 61.7 Å². The molecule has 19 nitrogen and oxygen atoms in total. The van der Waals surface area contributed by atoms with Gasteiger partial charge in [-0.15, -0.1) is 0 Å². The van der Waals surface area contributed by atoms with Crippen LogP contribution in [0.1, 0.15) is 36.8 Å². The molecule has 2 rings (SSSR count). The second-order valence-corrected chi connectivity index (χ2v) is 13.4. The number of anilines is 1. The van der Waals surface area contributed by atoms with Crippen LogP contribution in [0.4, 0.5) is 18.9 Å². The molecule has 0 unspecified atom stereocenters.